The van der Waals surface area contributed by atoms with Gasteiger partial charge in [-0.25, -0.2) is 4.79 Å². The van der Waals surface area contributed by atoms with Crippen LogP contribution < -0.4 is 4.74 Å². The van der Waals surface area contributed by atoms with Crippen LogP contribution in [0.25, 0.3) is 0 Å². The van der Waals surface area contributed by atoms with Crippen molar-refractivity contribution in [2.45, 2.75) is 13.5 Å². The third-order valence-corrected chi connectivity index (χ3v) is 4.72. The number of hydrogen-bond donors (Lipinski definition) is 1. The maximum atomic E-state index is 12.8. The van der Waals surface area contributed by atoms with Crippen LogP contribution in [-0.2, 0) is 6.54 Å². The number of carboxylic acid groups (broad SMARTS) is 1. The Bertz CT molecular complexity index is 1000. The Morgan fingerprint density at radius 3 is 2.14 bits per heavy atom. The molecule has 0 aliphatic heterocycles. The Morgan fingerprint density at radius 2 is 1.55 bits per heavy atom. The van der Waals surface area contributed by atoms with Gasteiger partial charge in [0.25, 0.3) is 5.91 Å². The predicted octanol–water partition coefficient (Wildman–Crippen LogP) is 5.49. The number of nitrogens with zero attached hydrogens (tertiary/aromatic N) is 1. The number of amides is 1. The van der Waals surface area contributed by atoms with Gasteiger partial charge in [-0.1, -0.05) is 35.9 Å². The summed E-state index contributed by atoms with van der Waals surface area (Å²) in [4.78, 5) is 25.5. The molecule has 0 aliphatic rings. The number of carbonyl (C=O) groups is 2. The Balaban J connectivity index is 1.69. The SMILES string of the molecule is CCN(Cc1ccc(C(=O)O)cc1)C(=O)c1ccc(Oc2ccccc2Cl)cc1. The highest BCUT2D eigenvalue weighted by molar-refractivity contribution is 6.32. The van der Waals surface area contributed by atoms with E-state index in [2.05, 4.69) is 0 Å². The molecule has 0 saturated heterocycles. The van der Waals surface area contributed by atoms with Crippen molar-refractivity contribution < 1.29 is 19.4 Å². The van der Waals surface area contributed by atoms with Crippen molar-refractivity contribution in [1.29, 1.82) is 0 Å². The molecule has 148 valence electrons. The van der Waals surface area contributed by atoms with Crippen molar-refractivity contribution >= 4 is 23.5 Å². The van der Waals surface area contributed by atoms with Crippen molar-refractivity contribution in [2.24, 2.45) is 0 Å². The van der Waals surface area contributed by atoms with Gasteiger partial charge < -0.3 is 14.7 Å². The molecule has 5 nitrogen and oxygen atoms in total. The molecule has 0 unspecified atom stereocenters. The lowest BCUT2D eigenvalue weighted by molar-refractivity contribution is 0.0694. The fourth-order valence-electron chi connectivity index (χ4n) is 2.80. The largest absolute Gasteiger partial charge is 0.478 e. The Kier molecular flexibility index (Phi) is 6.52. The van der Waals surface area contributed by atoms with Crippen LogP contribution in [-0.4, -0.2) is 28.4 Å². The maximum absolute atomic E-state index is 12.8. The number of benzene rings is 3. The molecule has 0 fully saturated rings. The first-order valence-electron chi connectivity index (χ1n) is 9.12. The number of rotatable bonds is 7. The van der Waals surface area contributed by atoms with Gasteiger partial charge >= 0.3 is 5.97 Å². The highest BCUT2D eigenvalue weighted by Gasteiger charge is 2.15. The molecule has 29 heavy (non-hydrogen) atoms. The summed E-state index contributed by atoms with van der Waals surface area (Å²) in [6.45, 7) is 2.82. The minimum Gasteiger partial charge on any atom is -0.478 e. The molecule has 0 spiro atoms. The molecular formula is C23H20ClNO4. The van der Waals surface area contributed by atoms with Crippen molar-refractivity contribution in [1.82, 2.24) is 4.90 Å². The van der Waals surface area contributed by atoms with Crippen molar-refractivity contribution in [3.05, 3.63) is 94.5 Å². The van der Waals surface area contributed by atoms with E-state index >= 15 is 0 Å². The summed E-state index contributed by atoms with van der Waals surface area (Å²) < 4.78 is 5.75. The summed E-state index contributed by atoms with van der Waals surface area (Å²) in [5.41, 5.74) is 1.63. The predicted molar refractivity (Wildman–Crippen MR) is 112 cm³/mol. The van der Waals surface area contributed by atoms with E-state index in [0.717, 1.165) is 5.56 Å². The van der Waals surface area contributed by atoms with E-state index in [-0.39, 0.29) is 11.5 Å². The Hall–Kier alpha value is -3.31. The van der Waals surface area contributed by atoms with E-state index in [1.54, 1.807) is 53.4 Å². The fraction of sp³-hybridized carbons (Fsp3) is 0.130. The molecule has 0 aromatic heterocycles. The topological polar surface area (TPSA) is 66.8 Å². The number of carbonyl (C=O) groups excluding carboxylic acids is 1. The molecule has 0 atom stereocenters. The summed E-state index contributed by atoms with van der Waals surface area (Å²) in [5.74, 6) is 0.0494. The van der Waals surface area contributed by atoms with Gasteiger partial charge in [0.05, 0.1) is 10.6 Å². The van der Waals surface area contributed by atoms with Gasteiger partial charge in [-0.15, -0.1) is 0 Å². The molecule has 1 N–H and O–H groups in total. The average molecular weight is 410 g/mol. The molecule has 0 aliphatic carbocycles. The zero-order valence-corrected chi connectivity index (χ0v) is 16.6. The lowest BCUT2D eigenvalue weighted by Gasteiger charge is -2.21. The van der Waals surface area contributed by atoms with Crippen molar-refractivity contribution in [3.8, 4) is 11.5 Å². The van der Waals surface area contributed by atoms with Crippen LogP contribution in [0.1, 0.15) is 33.2 Å². The molecule has 1 amide bonds. The van der Waals surface area contributed by atoms with Crippen LogP contribution in [0.5, 0.6) is 11.5 Å². The highest BCUT2D eigenvalue weighted by Crippen LogP contribution is 2.29. The van der Waals surface area contributed by atoms with Crippen molar-refractivity contribution in [3.63, 3.8) is 0 Å². The van der Waals surface area contributed by atoms with Gasteiger partial charge in [-0.2, -0.15) is 0 Å². The Labute approximate surface area is 174 Å². The minimum absolute atomic E-state index is 0.112. The standard InChI is InChI=1S/C23H20ClNO4/c1-2-25(15-16-7-9-18(10-8-16)23(27)28)22(26)17-11-13-19(14-12-17)29-21-6-4-3-5-20(21)24/h3-14H,2,15H2,1H3,(H,27,28). The molecule has 3 aromatic carbocycles. The van der Waals surface area contributed by atoms with Crippen LogP contribution in [0, 0.1) is 0 Å². The summed E-state index contributed by atoms with van der Waals surface area (Å²) in [7, 11) is 0. The molecule has 3 rings (SSSR count). The first-order chi connectivity index (χ1) is 14.0. The number of ether oxygens (including phenoxy) is 1. The van der Waals surface area contributed by atoms with E-state index < -0.39 is 5.97 Å². The number of halogens is 1. The fourth-order valence-corrected chi connectivity index (χ4v) is 2.98. The zero-order chi connectivity index (χ0) is 20.8. The van der Waals surface area contributed by atoms with E-state index in [4.69, 9.17) is 21.4 Å². The van der Waals surface area contributed by atoms with E-state index in [0.29, 0.717) is 35.2 Å². The summed E-state index contributed by atoms with van der Waals surface area (Å²) in [5, 5.41) is 9.50. The second kappa shape index (κ2) is 9.26. The smallest absolute Gasteiger partial charge is 0.335 e. The van der Waals surface area contributed by atoms with Gasteiger partial charge in [0.1, 0.15) is 11.5 Å². The molecule has 0 radical (unpaired) electrons. The first-order valence-corrected chi connectivity index (χ1v) is 9.49. The lowest BCUT2D eigenvalue weighted by atomic mass is 10.1. The van der Waals surface area contributed by atoms with Gasteiger partial charge in [0.15, 0.2) is 0 Å². The van der Waals surface area contributed by atoms with Gasteiger partial charge in [0.2, 0.25) is 0 Å². The normalized spacial score (nSPS) is 10.4. The number of aromatic carboxylic acids is 1. The van der Waals surface area contributed by atoms with Gasteiger partial charge in [0, 0.05) is 18.7 Å². The third kappa shape index (κ3) is 5.15. The second-order valence-corrected chi connectivity index (χ2v) is 6.79. The molecule has 0 bridgehead atoms. The monoisotopic (exact) mass is 409 g/mol. The van der Waals surface area contributed by atoms with E-state index in [1.165, 1.54) is 12.1 Å². The van der Waals surface area contributed by atoms with Crippen LogP contribution >= 0.6 is 11.6 Å². The third-order valence-electron chi connectivity index (χ3n) is 4.41. The zero-order valence-electron chi connectivity index (χ0n) is 15.8. The van der Waals surface area contributed by atoms with E-state index in [9.17, 15) is 9.59 Å². The van der Waals surface area contributed by atoms with Crippen LogP contribution in [0.4, 0.5) is 0 Å². The average Bonchev–Trinajstić information content (AvgIpc) is 2.74. The minimum atomic E-state index is -0.973. The summed E-state index contributed by atoms with van der Waals surface area (Å²) in [6, 6.07) is 20.6. The van der Waals surface area contributed by atoms with Crippen molar-refractivity contribution in [2.75, 3.05) is 6.54 Å². The lowest BCUT2D eigenvalue weighted by Crippen LogP contribution is -2.30. The quantitative estimate of drug-likeness (QED) is 0.560. The molecule has 0 heterocycles. The maximum Gasteiger partial charge on any atom is 0.335 e. The number of para-hydroxylation sites is 1. The molecule has 3 aromatic rings. The molecule has 0 saturated carbocycles. The Morgan fingerprint density at radius 1 is 0.931 bits per heavy atom. The number of hydrogen-bond acceptors (Lipinski definition) is 3. The van der Waals surface area contributed by atoms with Crippen LogP contribution in [0.2, 0.25) is 5.02 Å². The second-order valence-electron chi connectivity index (χ2n) is 6.38. The number of carboxylic acids is 1. The molecule has 6 heteroatoms. The summed E-state index contributed by atoms with van der Waals surface area (Å²) >= 11 is 6.10. The van der Waals surface area contributed by atoms with Crippen LogP contribution in [0.15, 0.2) is 72.8 Å². The van der Waals surface area contributed by atoms with Crippen LogP contribution in [0.3, 0.4) is 0 Å². The highest BCUT2D eigenvalue weighted by atomic mass is 35.5. The van der Waals surface area contributed by atoms with E-state index in [1.807, 2.05) is 19.1 Å². The summed E-state index contributed by atoms with van der Waals surface area (Å²) in [6.07, 6.45) is 0. The first kappa shape index (κ1) is 20.4. The van der Waals surface area contributed by atoms with Gasteiger partial charge in [-0.3, -0.25) is 4.79 Å². The van der Waals surface area contributed by atoms with Gasteiger partial charge in [-0.05, 0) is 61.0 Å². The molecular weight excluding hydrogens is 390 g/mol.